The molecule has 0 aliphatic carbocycles. The number of piperidine rings is 1. The molecule has 0 amide bonds. The fourth-order valence-electron chi connectivity index (χ4n) is 2.93. The summed E-state index contributed by atoms with van der Waals surface area (Å²) in [5.41, 5.74) is 0. The highest BCUT2D eigenvalue weighted by Gasteiger charge is 2.49. The fraction of sp³-hybridized carbons (Fsp3) is 0.923. The van der Waals surface area contributed by atoms with Gasteiger partial charge in [-0.15, -0.1) is 0 Å². The van der Waals surface area contributed by atoms with Crippen molar-refractivity contribution >= 4 is 5.97 Å². The third-order valence-corrected chi connectivity index (χ3v) is 4.04. The van der Waals surface area contributed by atoms with Gasteiger partial charge in [-0.05, 0) is 12.8 Å². The average Bonchev–Trinajstić information content (AvgIpc) is 2.74. The molecule has 0 radical (unpaired) electrons. The van der Waals surface area contributed by atoms with Crippen molar-refractivity contribution in [2.24, 2.45) is 0 Å². The quantitative estimate of drug-likeness (QED) is 0.585. The second-order valence-corrected chi connectivity index (χ2v) is 5.45. The predicted octanol–water partition coefficient (Wildman–Crippen LogP) is -0.741. The smallest absolute Gasteiger partial charge is 0.306 e. The van der Waals surface area contributed by atoms with Crippen molar-refractivity contribution in [1.82, 2.24) is 4.90 Å². The lowest BCUT2D eigenvalue weighted by molar-refractivity contribution is -0.179. The van der Waals surface area contributed by atoms with Gasteiger partial charge in [0.05, 0.1) is 12.1 Å². The molecule has 3 N–H and O–H groups in total. The molecule has 0 aromatic carbocycles. The molecule has 2 aliphatic heterocycles. The van der Waals surface area contributed by atoms with Crippen molar-refractivity contribution in [2.75, 3.05) is 13.1 Å². The number of carbonyl (C=O) groups is 1. The molecule has 19 heavy (non-hydrogen) atoms. The number of aliphatic hydroxyl groups excluding tert-OH is 3. The number of esters is 1. The Bertz CT molecular complexity index is 324. The van der Waals surface area contributed by atoms with E-state index in [1.807, 2.05) is 11.8 Å². The molecule has 110 valence electrons. The second-order valence-electron chi connectivity index (χ2n) is 5.45. The molecule has 0 bridgehead atoms. The number of aliphatic hydroxyl groups is 3. The van der Waals surface area contributed by atoms with Gasteiger partial charge in [0.25, 0.3) is 0 Å². The second kappa shape index (κ2) is 6.17. The molecule has 2 aliphatic rings. The normalized spacial score (nSPS) is 39.1. The Morgan fingerprint density at radius 2 is 2.05 bits per heavy atom. The molecule has 0 aromatic rings. The average molecular weight is 273 g/mol. The van der Waals surface area contributed by atoms with Gasteiger partial charge in [-0.25, -0.2) is 0 Å². The lowest BCUT2D eigenvalue weighted by atomic mass is 9.93. The summed E-state index contributed by atoms with van der Waals surface area (Å²) in [6, 6.07) is -0.444. The first-order valence-corrected chi connectivity index (χ1v) is 7.02. The first-order valence-electron chi connectivity index (χ1n) is 7.02. The number of fused-ring (bicyclic) bond motifs is 1. The molecule has 2 rings (SSSR count). The van der Waals surface area contributed by atoms with Crippen LogP contribution in [0.5, 0.6) is 0 Å². The highest BCUT2D eigenvalue weighted by Crippen LogP contribution is 2.29. The lowest BCUT2D eigenvalue weighted by Gasteiger charge is -2.42. The third-order valence-electron chi connectivity index (χ3n) is 4.04. The van der Waals surface area contributed by atoms with Crippen LogP contribution in [0.15, 0.2) is 0 Å². The number of hydrogen-bond acceptors (Lipinski definition) is 6. The summed E-state index contributed by atoms with van der Waals surface area (Å²) in [5, 5.41) is 29.8. The van der Waals surface area contributed by atoms with Gasteiger partial charge >= 0.3 is 5.97 Å². The van der Waals surface area contributed by atoms with Crippen LogP contribution in [0.25, 0.3) is 0 Å². The predicted molar refractivity (Wildman–Crippen MR) is 67.4 cm³/mol. The van der Waals surface area contributed by atoms with E-state index < -0.39 is 30.5 Å². The van der Waals surface area contributed by atoms with Gasteiger partial charge in [0.2, 0.25) is 0 Å². The van der Waals surface area contributed by atoms with Crippen molar-refractivity contribution in [3.8, 4) is 0 Å². The molecule has 2 heterocycles. The molecule has 0 aromatic heterocycles. The van der Waals surface area contributed by atoms with Gasteiger partial charge in [0, 0.05) is 19.5 Å². The highest BCUT2D eigenvalue weighted by molar-refractivity contribution is 5.69. The van der Waals surface area contributed by atoms with Gasteiger partial charge in [0.15, 0.2) is 0 Å². The topological polar surface area (TPSA) is 90.2 Å². The van der Waals surface area contributed by atoms with E-state index in [0.717, 1.165) is 12.8 Å². The van der Waals surface area contributed by atoms with Crippen LogP contribution in [0.2, 0.25) is 0 Å². The summed E-state index contributed by atoms with van der Waals surface area (Å²) in [6.45, 7) is 3.01. The number of ether oxygens (including phenoxy) is 1. The van der Waals surface area contributed by atoms with Gasteiger partial charge in [-0.1, -0.05) is 13.3 Å². The van der Waals surface area contributed by atoms with Gasteiger partial charge < -0.3 is 20.1 Å². The molecule has 6 nitrogen and oxygen atoms in total. The molecular weight excluding hydrogens is 250 g/mol. The number of carbonyl (C=O) groups excluding carboxylic acids is 1. The number of unbranched alkanes of at least 4 members (excludes halogenated alkanes) is 1. The van der Waals surface area contributed by atoms with Gasteiger partial charge in [0.1, 0.15) is 18.3 Å². The van der Waals surface area contributed by atoms with Crippen molar-refractivity contribution in [3.05, 3.63) is 0 Å². The minimum Gasteiger partial charge on any atom is -0.458 e. The van der Waals surface area contributed by atoms with Crippen LogP contribution < -0.4 is 0 Å². The van der Waals surface area contributed by atoms with Crippen LogP contribution in [0.1, 0.15) is 32.6 Å². The van der Waals surface area contributed by atoms with E-state index in [9.17, 15) is 20.1 Å². The lowest BCUT2D eigenvalue weighted by Crippen LogP contribution is -2.62. The van der Waals surface area contributed by atoms with E-state index in [-0.39, 0.29) is 5.97 Å². The summed E-state index contributed by atoms with van der Waals surface area (Å²) in [7, 11) is 0. The monoisotopic (exact) mass is 273 g/mol. The fourth-order valence-corrected chi connectivity index (χ4v) is 2.93. The summed E-state index contributed by atoms with van der Waals surface area (Å²) in [6.07, 6.45) is -0.954. The maximum absolute atomic E-state index is 11.6. The maximum atomic E-state index is 11.6. The van der Waals surface area contributed by atoms with Crippen LogP contribution in [-0.2, 0) is 9.53 Å². The maximum Gasteiger partial charge on any atom is 0.306 e. The Balaban J connectivity index is 1.94. The summed E-state index contributed by atoms with van der Waals surface area (Å²) in [5.74, 6) is -0.337. The molecule has 1 unspecified atom stereocenters. The van der Waals surface area contributed by atoms with Crippen molar-refractivity contribution in [2.45, 2.75) is 63.1 Å². The summed E-state index contributed by atoms with van der Waals surface area (Å²) >= 11 is 0. The molecule has 2 fully saturated rings. The Morgan fingerprint density at radius 3 is 2.74 bits per heavy atom. The SMILES string of the molecule is CCCCC(=O)O[C@H]1CN2CC[C@H](O)C2[C@@H](O)[C@@H]1O. The minimum absolute atomic E-state index is 0.335. The Kier molecular flexibility index (Phi) is 4.78. The standard InChI is InChI=1S/C13H23NO5/c1-2-3-4-10(16)19-9-7-14-6-5-8(15)11(14)13(18)12(9)17/h8-9,11-13,15,17-18H,2-7H2,1H3/t8-,9-,11?,12+,13+/m0/s1. The number of nitrogens with zero attached hydrogens (tertiary/aromatic N) is 1. The Hall–Kier alpha value is -0.690. The van der Waals surface area contributed by atoms with Crippen LogP contribution in [-0.4, -0.2) is 69.7 Å². The highest BCUT2D eigenvalue weighted by atomic mass is 16.6. The van der Waals surface area contributed by atoms with Gasteiger partial charge in [-0.2, -0.15) is 0 Å². The van der Waals surface area contributed by atoms with Gasteiger partial charge in [-0.3, -0.25) is 9.69 Å². The van der Waals surface area contributed by atoms with E-state index >= 15 is 0 Å². The number of hydrogen-bond donors (Lipinski definition) is 3. The molecule has 6 heteroatoms. The van der Waals surface area contributed by atoms with E-state index in [4.69, 9.17) is 4.74 Å². The van der Waals surface area contributed by atoms with Crippen LogP contribution in [0.4, 0.5) is 0 Å². The van der Waals surface area contributed by atoms with E-state index in [1.54, 1.807) is 0 Å². The summed E-state index contributed by atoms with van der Waals surface area (Å²) in [4.78, 5) is 13.5. The largest absolute Gasteiger partial charge is 0.458 e. The van der Waals surface area contributed by atoms with Crippen LogP contribution in [0.3, 0.4) is 0 Å². The van der Waals surface area contributed by atoms with Crippen LogP contribution >= 0.6 is 0 Å². The third kappa shape index (κ3) is 3.08. The van der Waals surface area contributed by atoms with Crippen molar-refractivity contribution in [3.63, 3.8) is 0 Å². The van der Waals surface area contributed by atoms with E-state index in [2.05, 4.69) is 0 Å². The van der Waals surface area contributed by atoms with Crippen LogP contribution in [0, 0.1) is 0 Å². The molecule has 0 spiro atoms. The first kappa shape index (κ1) is 14.7. The zero-order chi connectivity index (χ0) is 14.0. The van der Waals surface area contributed by atoms with E-state index in [0.29, 0.717) is 25.9 Å². The number of rotatable bonds is 4. The molecule has 5 atom stereocenters. The molecule has 0 saturated carbocycles. The Morgan fingerprint density at radius 1 is 1.32 bits per heavy atom. The first-order chi connectivity index (χ1) is 9.04. The molecule has 2 saturated heterocycles. The van der Waals surface area contributed by atoms with E-state index in [1.165, 1.54) is 0 Å². The Labute approximate surface area is 113 Å². The summed E-state index contributed by atoms with van der Waals surface area (Å²) < 4.78 is 5.25. The minimum atomic E-state index is -1.13. The molecular formula is C13H23NO5. The van der Waals surface area contributed by atoms with Crippen molar-refractivity contribution in [1.29, 1.82) is 0 Å². The zero-order valence-corrected chi connectivity index (χ0v) is 11.2. The zero-order valence-electron chi connectivity index (χ0n) is 11.2. The van der Waals surface area contributed by atoms with Crippen molar-refractivity contribution < 1.29 is 24.9 Å².